The highest BCUT2D eigenvalue weighted by Crippen LogP contribution is 2.35. The predicted molar refractivity (Wildman–Crippen MR) is 45.1 cm³/mol. The normalized spacial score (nSPS) is 39.3. The van der Waals surface area contributed by atoms with E-state index in [1.807, 2.05) is 0 Å². The summed E-state index contributed by atoms with van der Waals surface area (Å²) in [6.45, 7) is 11.5. The summed E-state index contributed by atoms with van der Waals surface area (Å²) in [4.78, 5) is 2.57. The molecule has 0 bridgehead atoms. The first kappa shape index (κ1) is 8.06. The fourth-order valence-corrected chi connectivity index (χ4v) is 2.11. The van der Waals surface area contributed by atoms with E-state index in [1.54, 1.807) is 0 Å². The highest BCUT2D eigenvalue weighted by molar-refractivity contribution is 5.02. The lowest BCUT2D eigenvalue weighted by atomic mass is 10.1. The molecule has 1 fully saturated rings. The minimum absolute atomic E-state index is 0.738. The van der Waals surface area contributed by atoms with Crippen LogP contribution in [0.3, 0.4) is 0 Å². The minimum Gasteiger partial charge on any atom is -0.292 e. The van der Waals surface area contributed by atoms with Gasteiger partial charge in [0.25, 0.3) is 0 Å². The van der Waals surface area contributed by atoms with Gasteiger partial charge in [0.2, 0.25) is 0 Å². The van der Waals surface area contributed by atoms with Crippen molar-refractivity contribution in [1.29, 1.82) is 0 Å². The Kier molecular flexibility index (Phi) is 2.04. The molecule has 0 N–H and O–H groups in total. The van der Waals surface area contributed by atoms with Crippen LogP contribution in [0.2, 0.25) is 0 Å². The quantitative estimate of drug-likeness (QED) is 0.532. The molecule has 0 spiro atoms. The van der Waals surface area contributed by atoms with Gasteiger partial charge >= 0.3 is 0 Å². The molecule has 1 aliphatic heterocycles. The van der Waals surface area contributed by atoms with Crippen molar-refractivity contribution in [2.45, 2.75) is 52.7 Å². The van der Waals surface area contributed by atoms with Gasteiger partial charge in [-0.2, -0.15) is 0 Å². The summed E-state index contributed by atoms with van der Waals surface area (Å²) in [5, 5.41) is 0. The maximum Gasteiger partial charge on any atom is 0.0278 e. The van der Waals surface area contributed by atoms with Crippen LogP contribution < -0.4 is 0 Å². The van der Waals surface area contributed by atoms with Crippen molar-refractivity contribution in [3.63, 3.8) is 0 Å². The summed E-state index contributed by atoms with van der Waals surface area (Å²) in [7, 11) is 0. The molecule has 0 aromatic heterocycles. The molecule has 1 unspecified atom stereocenters. The Morgan fingerprint density at radius 1 is 1.10 bits per heavy atom. The topological polar surface area (TPSA) is 3.01 Å². The summed E-state index contributed by atoms with van der Waals surface area (Å²) >= 11 is 0. The van der Waals surface area contributed by atoms with Gasteiger partial charge in [-0.05, 0) is 26.7 Å². The number of hydrogen-bond donors (Lipinski definition) is 0. The zero-order chi connectivity index (χ0) is 7.89. The van der Waals surface area contributed by atoms with E-state index >= 15 is 0 Å². The highest BCUT2D eigenvalue weighted by Gasteiger charge is 2.46. The van der Waals surface area contributed by atoms with Crippen LogP contribution >= 0.6 is 0 Å². The lowest BCUT2D eigenvalue weighted by molar-refractivity contribution is 0.372. The maximum atomic E-state index is 2.57. The first-order valence-electron chi connectivity index (χ1n) is 4.33. The van der Waals surface area contributed by atoms with Crippen LogP contribution in [0.4, 0.5) is 0 Å². The Morgan fingerprint density at radius 3 is 1.70 bits per heavy atom. The first-order valence-corrected chi connectivity index (χ1v) is 4.33. The third-order valence-electron chi connectivity index (χ3n) is 2.50. The zero-order valence-corrected chi connectivity index (χ0v) is 7.76. The van der Waals surface area contributed by atoms with E-state index in [1.165, 1.54) is 0 Å². The molecule has 0 radical (unpaired) electrons. The van der Waals surface area contributed by atoms with Gasteiger partial charge in [-0.1, -0.05) is 13.8 Å². The summed E-state index contributed by atoms with van der Waals surface area (Å²) in [5.74, 6) is 0.831. The SMILES string of the molecule is CC(C)[C@@H]1[C@@H](C)N1C(C)C. The Morgan fingerprint density at radius 2 is 1.60 bits per heavy atom. The molecule has 1 rings (SSSR count). The summed E-state index contributed by atoms with van der Waals surface area (Å²) in [6.07, 6.45) is 0. The van der Waals surface area contributed by atoms with Crippen molar-refractivity contribution in [1.82, 2.24) is 4.90 Å². The summed E-state index contributed by atoms with van der Waals surface area (Å²) in [5.41, 5.74) is 0. The molecule has 0 aliphatic carbocycles. The van der Waals surface area contributed by atoms with E-state index in [9.17, 15) is 0 Å². The molecule has 1 heteroatoms. The Labute approximate surface area is 64.4 Å². The minimum atomic E-state index is 0.738. The van der Waals surface area contributed by atoms with E-state index in [2.05, 4.69) is 39.5 Å². The standard InChI is InChI=1S/C9H19N/c1-6(2)9-8(5)10(9)7(3)4/h6-9H,1-5H3/t8-,9-,10?/m1/s1. The van der Waals surface area contributed by atoms with Crippen molar-refractivity contribution in [3.05, 3.63) is 0 Å². The monoisotopic (exact) mass is 141 g/mol. The molecule has 3 atom stereocenters. The lowest BCUT2D eigenvalue weighted by Gasteiger charge is -2.08. The maximum absolute atomic E-state index is 2.57. The van der Waals surface area contributed by atoms with Crippen LogP contribution in [-0.2, 0) is 0 Å². The van der Waals surface area contributed by atoms with Gasteiger partial charge in [-0.15, -0.1) is 0 Å². The molecular formula is C9H19N. The largest absolute Gasteiger partial charge is 0.292 e. The zero-order valence-electron chi connectivity index (χ0n) is 7.76. The van der Waals surface area contributed by atoms with Gasteiger partial charge in [-0.3, -0.25) is 4.90 Å². The molecule has 1 nitrogen and oxygen atoms in total. The van der Waals surface area contributed by atoms with Crippen molar-refractivity contribution in [3.8, 4) is 0 Å². The van der Waals surface area contributed by atoms with Crippen LogP contribution in [-0.4, -0.2) is 23.0 Å². The van der Waals surface area contributed by atoms with Gasteiger partial charge in [0, 0.05) is 18.1 Å². The van der Waals surface area contributed by atoms with Gasteiger partial charge in [-0.25, -0.2) is 0 Å². The van der Waals surface area contributed by atoms with E-state index in [0.717, 1.165) is 24.0 Å². The van der Waals surface area contributed by atoms with Crippen LogP contribution in [0.1, 0.15) is 34.6 Å². The van der Waals surface area contributed by atoms with Crippen molar-refractivity contribution < 1.29 is 0 Å². The average molecular weight is 141 g/mol. The third-order valence-corrected chi connectivity index (χ3v) is 2.50. The molecule has 0 saturated carbocycles. The van der Waals surface area contributed by atoms with Crippen molar-refractivity contribution >= 4 is 0 Å². The Balaban J connectivity index is 2.41. The number of nitrogens with zero attached hydrogens (tertiary/aromatic N) is 1. The molecule has 60 valence electrons. The van der Waals surface area contributed by atoms with Crippen LogP contribution in [0, 0.1) is 5.92 Å². The lowest BCUT2D eigenvalue weighted by Crippen LogP contribution is -2.15. The predicted octanol–water partition coefficient (Wildman–Crippen LogP) is 2.12. The Hall–Kier alpha value is -0.0400. The van der Waals surface area contributed by atoms with Gasteiger partial charge in [0.05, 0.1) is 0 Å². The molecule has 1 aliphatic rings. The summed E-state index contributed by atoms with van der Waals surface area (Å²) in [6, 6.07) is 2.43. The molecule has 0 amide bonds. The fraction of sp³-hybridized carbons (Fsp3) is 1.00. The van der Waals surface area contributed by atoms with E-state index in [-0.39, 0.29) is 0 Å². The molecule has 0 aromatic carbocycles. The highest BCUT2D eigenvalue weighted by atomic mass is 15.4. The second kappa shape index (κ2) is 2.54. The van der Waals surface area contributed by atoms with Crippen LogP contribution in [0.25, 0.3) is 0 Å². The van der Waals surface area contributed by atoms with Crippen molar-refractivity contribution in [2.75, 3.05) is 0 Å². The smallest absolute Gasteiger partial charge is 0.0278 e. The number of rotatable bonds is 2. The second-order valence-corrected chi connectivity index (χ2v) is 4.02. The molecule has 10 heavy (non-hydrogen) atoms. The third kappa shape index (κ3) is 1.20. The first-order chi connectivity index (χ1) is 4.55. The summed E-state index contributed by atoms with van der Waals surface area (Å²) < 4.78 is 0. The molecule has 1 heterocycles. The molecule has 0 aromatic rings. The molecule has 1 saturated heterocycles. The van der Waals surface area contributed by atoms with Gasteiger partial charge in [0.15, 0.2) is 0 Å². The Bertz CT molecular complexity index is 104. The fourth-order valence-electron chi connectivity index (χ4n) is 2.11. The van der Waals surface area contributed by atoms with Crippen molar-refractivity contribution in [2.24, 2.45) is 5.92 Å². The van der Waals surface area contributed by atoms with Gasteiger partial charge in [0.1, 0.15) is 0 Å². The van der Waals surface area contributed by atoms with E-state index in [0.29, 0.717) is 0 Å². The number of hydrogen-bond acceptors (Lipinski definition) is 1. The van der Waals surface area contributed by atoms with E-state index in [4.69, 9.17) is 0 Å². The van der Waals surface area contributed by atoms with Gasteiger partial charge < -0.3 is 0 Å². The molecular weight excluding hydrogens is 122 g/mol. The van der Waals surface area contributed by atoms with E-state index < -0.39 is 0 Å². The van der Waals surface area contributed by atoms with Crippen LogP contribution in [0.15, 0.2) is 0 Å². The van der Waals surface area contributed by atoms with Crippen LogP contribution in [0.5, 0.6) is 0 Å². The second-order valence-electron chi connectivity index (χ2n) is 4.02. The average Bonchev–Trinajstić information content (AvgIpc) is 2.40.